The first-order valence-electron chi connectivity index (χ1n) is 5.10. The van der Waals surface area contributed by atoms with E-state index in [9.17, 15) is 4.79 Å². The number of rotatable bonds is 3. The molecule has 0 saturated heterocycles. The molecular weight excluding hydrogens is 304 g/mol. The molecule has 0 spiro atoms. The summed E-state index contributed by atoms with van der Waals surface area (Å²) in [5.74, 6) is 0.00455. The molecule has 1 N–H and O–H groups in total. The van der Waals surface area contributed by atoms with Crippen molar-refractivity contribution in [2.24, 2.45) is 5.92 Å². The summed E-state index contributed by atoms with van der Waals surface area (Å²) >= 11 is 9.25. The van der Waals surface area contributed by atoms with Crippen molar-refractivity contribution in [1.29, 1.82) is 5.26 Å². The maximum absolute atomic E-state index is 11.8. The second-order valence-corrected chi connectivity index (χ2v) is 5.34. The fraction of sp³-hybridized carbons (Fsp3) is 0.333. The van der Waals surface area contributed by atoms with Gasteiger partial charge in [0.05, 0.1) is 27.2 Å². The monoisotopic (exact) mass is 314 g/mol. The molecule has 1 aromatic carbocycles. The van der Waals surface area contributed by atoms with Crippen LogP contribution >= 0.6 is 27.5 Å². The summed E-state index contributed by atoms with van der Waals surface area (Å²) in [6.07, 6.45) is 0. The molecule has 1 amide bonds. The fourth-order valence-electron chi connectivity index (χ4n) is 1.20. The second kappa shape index (κ2) is 6.04. The normalized spacial score (nSPS) is 12.0. The highest BCUT2D eigenvalue weighted by molar-refractivity contribution is 9.10. The third kappa shape index (κ3) is 3.72. The van der Waals surface area contributed by atoms with Crippen LogP contribution in [0.1, 0.15) is 19.4 Å². The van der Waals surface area contributed by atoms with Crippen molar-refractivity contribution in [1.82, 2.24) is 0 Å². The number of nitrogens with zero attached hydrogens (tertiary/aromatic N) is 1. The first-order valence-corrected chi connectivity index (χ1v) is 6.39. The number of amides is 1. The number of anilines is 1. The molecule has 1 unspecified atom stereocenters. The van der Waals surface area contributed by atoms with Gasteiger partial charge in [-0.3, -0.25) is 4.79 Å². The number of carbonyl (C=O) groups is 1. The molecule has 5 heteroatoms. The Hall–Kier alpha value is -1.05. The van der Waals surface area contributed by atoms with Gasteiger partial charge in [-0.1, -0.05) is 41.4 Å². The number of hydrogen-bond donors (Lipinski definition) is 1. The molecule has 1 rings (SSSR count). The van der Waals surface area contributed by atoms with Crippen LogP contribution in [0.4, 0.5) is 5.69 Å². The van der Waals surface area contributed by atoms with E-state index in [0.717, 1.165) is 0 Å². The molecule has 0 heterocycles. The van der Waals surface area contributed by atoms with Crippen molar-refractivity contribution in [3.05, 3.63) is 28.8 Å². The fourth-order valence-corrected chi connectivity index (χ4v) is 1.47. The highest BCUT2D eigenvalue weighted by Gasteiger charge is 2.19. The van der Waals surface area contributed by atoms with Crippen LogP contribution in [-0.4, -0.2) is 10.7 Å². The highest BCUT2D eigenvalue weighted by atomic mass is 79.9. The smallest absolute Gasteiger partial charge is 0.238 e. The lowest BCUT2D eigenvalue weighted by molar-refractivity contribution is -0.116. The van der Waals surface area contributed by atoms with Crippen LogP contribution in [0.2, 0.25) is 5.02 Å². The Labute approximate surface area is 114 Å². The molecule has 3 nitrogen and oxygen atoms in total. The number of benzene rings is 1. The molecule has 0 aromatic heterocycles. The Morgan fingerprint density at radius 1 is 1.53 bits per heavy atom. The van der Waals surface area contributed by atoms with Gasteiger partial charge in [-0.2, -0.15) is 5.26 Å². The van der Waals surface area contributed by atoms with Crippen molar-refractivity contribution in [3.8, 4) is 6.07 Å². The van der Waals surface area contributed by atoms with E-state index in [4.69, 9.17) is 16.9 Å². The minimum Gasteiger partial charge on any atom is -0.324 e. The molecular formula is C12H12BrClN2O. The third-order valence-electron chi connectivity index (χ3n) is 2.19. The van der Waals surface area contributed by atoms with Crippen molar-refractivity contribution >= 4 is 39.1 Å². The van der Waals surface area contributed by atoms with Gasteiger partial charge in [-0.05, 0) is 24.1 Å². The predicted molar refractivity (Wildman–Crippen MR) is 72.3 cm³/mol. The van der Waals surface area contributed by atoms with Crippen LogP contribution in [0.25, 0.3) is 0 Å². The number of halogens is 2. The predicted octanol–water partition coefficient (Wildman–Crippen LogP) is 3.57. The van der Waals surface area contributed by atoms with Crippen LogP contribution in [-0.2, 0) is 4.79 Å². The lowest BCUT2D eigenvalue weighted by Crippen LogP contribution is -2.27. The minimum atomic E-state index is -0.288. The van der Waals surface area contributed by atoms with Gasteiger partial charge in [0, 0.05) is 0 Å². The standard InChI is InChI=1S/C12H12BrClN2O/c1-7(2)11(13)12(17)16-10-5-8(6-15)3-4-9(10)14/h3-5,7,11H,1-2H3,(H,16,17). The van der Waals surface area contributed by atoms with Crippen LogP contribution < -0.4 is 5.32 Å². The molecule has 1 atom stereocenters. The van der Waals surface area contributed by atoms with Gasteiger partial charge in [-0.25, -0.2) is 0 Å². The Kier molecular flexibility index (Phi) is 4.98. The van der Waals surface area contributed by atoms with E-state index in [2.05, 4.69) is 21.2 Å². The number of carbonyl (C=O) groups excluding carboxylic acids is 1. The lowest BCUT2D eigenvalue weighted by atomic mass is 10.1. The van der Waals surface area contributed by atoms with E-state index in [1.807, 2.05) is 19.9 Å². The molecule has 17 heavy (non-hydrogen) atoms. The summed E-state index contributed by atoms with van der Waals surface area (Å²) in [7, 11) is 0. The maximum atomic E-state index is 11.8. The van der Waals surface area contributed by atoms with Crippen LogP contribution in [0.5, 0.6) is 0 Å². The second-order valence-electron chi connectivity index (χ2n) is 3.94. The zero-order chi connectivity index (χ0) is 13.0. The Bertz CT molecular complexity index is 468. The average Bonchev–Trinajstić information content (AvgIpc) is 2.30. The SMILES string of the molecule is CC(C)C(Br)C(=O)Nc1cc(C#N)ccc1Cl. The van der Waals surface area contributed by atoms with Crippen LogP contribution in [0.3, 0.4) is 0 Å². The van der Waals surface area contributed by atoms with Gasteiger partial charge in [0.25, 0.3) is 0 Å². The first kappa shape index (κ1) is 14.0. The third-order valence-corrected chi connectivity index (χ3v) is 3.99. The van der Waals surface area contributed by atoms with Crippen molar-refractivity contribution < 1.29 is 4.79 Å². The molecule has 0 saturated carbocycles. The number of nitrogens with one attached hydrogen (secondary N) is 1. The lowest BCUT2D eigenvalue weighted by Gasteiger charge is -2.14. The van der Waals surface area contributed by atoms with Crippen molar-refractivity contribution in [2.45, 2.75) is 18.7 Å². The number of alkyl halides is 1. The van der Waals surface area contributed by atoms with E-state index in [1.54, 1.807) is 18.2 Å². The van der Waals surface area contributed by atoms with Gasteiger partial charge in [0.2, 0.25) is 5.91 Å². The zero-order valence-corrected chi connectivity index (χ0v) is 11.8. The molecule has 0 radical (unpaired) electrons. The van der Waals surface area contributed by atoms with Gasteiger partial charge >= 0.3 is 0 Å². The average molecular weight is 316 g/mol. The molecule has 0 aliphatic heterocycles. The maximum Gasteiger partial charge on any atom is 0.238 e. The molecule has 1 aromatic rings. The van der Waals surface area contributed by atoms with Crippen LogP contribution in [0, 0.1) is 17.2 Å². The largest absolute Gasteiger partial charge is 0.324 e. The van der Waals surface area contributed by atoms with E-state index in [-0.39, 0.29) is 16.7 Å². The quantitative estimate of drug-likeness (QED) is 0.867. The molecule has 0 fully saturated rings. The summed E-state index contributed by atoms with van der Waals surface area (Å²) in [4.78, 5) is 11.5. The minimum absolute atomic E-state index is 0.169. The van der Waals surface area contributed by atoms with Gasteiger partial charge < -0.3 is 5.32 Å². The summed E-state index contributed by atoms with van der Waals surface area (Å²) < 4.78 is 0. The van der Waals surface area contributed by atoms with E-state index in [0.29, 0.717) is 16.3 Å². The van der Waals surface area contributed by atoms with E-state index >= 15 is 0 Å². The van der Waals surface area contributed by atoms with Gasteiger partial charge in [-0.15, -0.1) is 0 Å². The molecule has 90 valence electrons. The summed E-state index contributed by atoms with van der Waals surface area (Å²) in [5, 5.41) is 11.9. The first-order chi connectivity index (χ1) is 7.95. The molecule has 0 bridgehead atoms. The summed E-state index contributed by atoms with van der Waals surface area (Å²) in [5.41, 5.74) is 0.918. The summed E-state index contributed by atoms with van der Waals surface area (Å²) in [6, 6.07) is 6.75. The van der Waals surface area contributed by atoms with Gasteiger partial charge in [0.15, 0.2) is 0 Å². The number of hydrogen-bond acceptors (Lipinski definition) is 2. The highest BCUT2D eigenvalue weighted by Crippen LogP contribution is 2.24. The Balaban J connectivity index is 2.88. The van der Waals surface area contributed by atoms with E-state index in [1.165, 1.54) is 0 Å². The zero-order valence-electron chi connectivity index (χ0n) is 9.50. The molecule has 0 aliphatic carbocycles. The Morgan fingerprint density at radius 2 is 2.18 bits per heavy atom. The Morgan fingerprint density at radius 3 is 2.71 bits per heavy atom. The summed E-state index contributed by atoms with van der Waals surface area (Å²) in [6.45, 7) is 3.87. The van der Waals surface area contributed by atoms with Crippen molar-refractivity contribution in [3.63, 3.8) is 0 Å². The number of nitriles is 1. The van der Waals surface area contributed by atoms with Crippen molar-refractivity contribution in [2.75, 3.05) is 5.32 Å². The topological polar surface area (TPSA) is 52.9 Å². The van der Waals surface area contributed by atoms with Crippen LogP contribution in [0.15, 0.2) is 18.2 Å². The van der Waals surface area contributed by atoms with Gasteiger partial charge in [0.1, 0.15) is 0 Å². The molecule has 0 aliphatic rings. The van der Waals surface area contributed by atoms with E-state index < -0.39 is 0 Å².